The van der Waals surface area contributed by atoms with Crippen LogP contribution in [0.15, 0.2) is 65.8 Å². The molecule has 1 heterocycles. The van der Waals surface area contributed by atoms with Crippen LogP contribution in [-0.4, -0.2) is 53.3 Å². The summed E-state index contributed by atoms with van der Waals surface area (Å²) in [6.07, 6.45) is 2.91. The molecular weight excluding hydrogens is 472 g/mol. The number of H-pyrrole nitrogens is 1. The zero-order valence-corrected chi connectivity index (χ0v) is 20.5. The minimum absolute atomic E-state index is 0.0672. The molecule has 3 atom stereocenters. The minimum atomic E-state index is -0.984. The van der Waals surface area contributed by atoms with E-state index in [0.717, 1.165) is 22.0 Å². The summed E-state index contributed by atoms with van der Waals surface area (Å²) in [5.74, 6) is -1.79. The molecule has 0 aliphatic rings. The van der Waals surface area contributed by atoms with Crippen LogP contribution in [0.3, 0.4) is 0 Å². The molecule has 11 N–H and O–H groups in total. The Morgan fingerprint density at radius 3 is 2.24 bits per heavy atom. The van der Waals surface area contributed by atoms with Gasteiger partial charge in [0.25, 0.3) is 0 Å². The third-order valence-electron chi connectivity index (χ3n) is 5.97. The predicted molar refractivity (Wildman–Crippen MR) is 143 cm³/mol. The van der Waals surface area contributed by atoms with Gasteiger partial charge in [-0.05, 0) is 36.5 Å². The summed E-state index contributed by atoms with van der Waals surface area (Å²) in [6, 6.07) is 14.1. The largest absolute Gasteiger partial charge is 0.370 e. The average molecular weight is 507 g/mol. The van der Waals surface area contributed by atoms with Gasteiger partial charge in [-0.3, -0.25) is 19.4 Å². The van der Waals surface area contributed by atoms with Gasteiger partial charge >= 0.3 is 0 Å². The lowest BCUT2D eigenvalue weighted by atomic mass is 10.0. The van der Waals surface area contributed by atoms with Crippen molar-refractivity contribution in [3.8, 4) is 0 Å². The van der Waals surface area contributed by atoms with Crippen molar-refractivity contribution in [1.82, 2.24) is 15.6 Å². The van der Waals surface area contributed by atoms with Gasteiger partial charge < -0.3 is 38.6 Å². The first-order valence-electron chi connectivity index (χ1n) is 12.0. The molecule has 0 aliphatic carbocycles. The number of nitrogens with two attached hydrogens (primary N) is 4. The van der Waals surface area contributed by atoms with Crippen LogP contribution < -0.4 is 33.6 Å². The van der Waals surface area contributed by atoms with E-state index in [9.17, 15) is 14.4 Å². The Kier molecular flexibility index (Phi) is 9.61. The fourth-order valence-corrected chi connectivity index (χ4v) is 4.03. The molecule has 0 saturated carbocycles. The molecular formula is C26H34N8O3. The number of nitrogens with one attached hydrogen (secondary N) is 3. The number of amides is 3. The van der Waals surface area contributed by atoms with E-state index in [2.05, 4.69) is 20.6 Å². The fourth-order valence-electron chi connectivity index (χ4n) is 4.03. The monoisotopic (exact) mass is 506 g/mol. The van der Waals surface area contributed by atoms with E-state index in [1.807, 2.05) is 54.6 Å². The molecule has 0 saturated heterocycles. The first-order valence-corrected chi connectivity index (χ1v) is 12.0. The third kappa shape index (κ3) is 8.07. The van der Waals surface area contributed by atoms with Crippen LogP contribution in [0.4, 0.5) is 0 Å². The molecule has 11 nitrogen and oxygen atoms in total. The number of fused-ring (bicyclic) bond motifs is 1. The fraction of sp³-hybridized carbons (Fsp3) is 0.308. The first-order chi connectivity index (χ1) is 17.7. The molecule has 1 aromatic heterocycles. The molecule has 196 valence electrons. The Morgan fingerprint density at radius 2 is 1.54 bits per heavy atom. The van der Waals surface area contributed by atoms with Crippen molar-refractivity contribution in [3.63, 3.8) is 0 Å². The van der Waals surface area contributed by atoms with E-state index in [1.165, 1.54) is 0 Å². The lowest BCUT2D eigenvalue weighted by Gasteiger charge is -2.23. The van der Waals surface area contributed by atoms with Gasteiger partial charge in [-0.1, -0.05) is 48.5 Å². The highest BCUT2D eigenvalue weighted by Crippen LogP contribution is 2.19. The highest BCUT2D eigenvalue weighted by atomic mass is 16.2. The number of aliphatic imine (C=N–C) groups is 1. The summed E-state index contributed by atoms with van der Waals surface area (Å²) >= 11 is 0. The molecule has 0 unspecified atom stereocenters. The molecule has 0 bridgehead atoms. The topological polar surface area (TPSA) is 208 Å². The van der Waals surface area contributed by atoms with Crippen molar-refractivity contribution in [2.45, 2.75) is 43.8 Å². The number of aromatic nitrogens is 1. The Bertz CT molecular complexity index is 1240. The van der Waals surface area contributed by atoms with Gasteiger partial charge in [-0.2, -0.15) is 0 Å². The van der Waals surface area contributed by atoms with Crippen LogP contribution >= 0.6 is 0 Å². The standard InChI is InChI=1S/C26H34N8O3/c27-19(13-16-7-2-1-3-8-16)24(36)33-21(11-6-12-31-26(29)30)25(37)34-22(23(28)35)14-17-15-32-20-10-5-4-9-18(17)20/h1-5,7-10,15,19,21-22,32H,6,11-14,27H2,(H2,28,35)(H,33,36)(H,34,37)(H4,29,30,31)/t19-,21-,22-/m0/s1. The number of nitrogens with zero attached hydrogens (tertiary/aromatic N) is 1. The number of primary amides is 1. The summed E-state index contributed by atoms with van der Waals surface area (Å²) in [5, 5.41) is 6.34. The highest BCUT2D eigenvalue weighted by molar-refractivity contribution is 5.93. The lowest BCUT2D eigenvalue weighted by molar-refractivity contribution is -0.131. The molecule has 11 heteroatoms. The summed E-state index contributed by atoms with van der Waals surface area (Å²) in [7, 11) is 0. The van der Waals surface area contributed by atoms with Crippen molar-refractivity contribution < 1.29 is 14.4 Å². The van der Waals surface area contributed by atoms with Crippen LogP contribution in [0.5, 0.6) is 0 Å². The normalized spacial score (nSPS) is 13.3. The van der Waals surface area contributed by atoms with Crippen LogP contribution in [0.2, 0.25) is 0 Å². The zero-order chi connectivity index (χ0) is 26.8. The van der Waals surface area contributed by atoms with Crippen molar-refractivity contribution in [2.24, 2.45) is 27.9 Å². The van der Waals surface area contributed by atoms with Gasteiger partial charge in [0.05, 0.1) is 6.04 Å². The second-order valence-electron chi connectivity index (χ2n) is 8.83. The Labute approximate surface area is 215 Å². The maximum atomic E-state index is 13.2. The van der Waals surface area contributed by atoms with Gasteiger partial charge in [0.1, 0.15) is 12.1 Å². The van der Waals surface area contributed by atoms with Crippen molar-refractivity contribution in [1.29, 1.82) is 0 Å². The van der Waals surface area contributed by atoms with Gasteiger partial charge in [0.15, 0.2) is 5.96 Å². The molecule has 3 rings (SSSR count). The van der Waals surface area contributed by atoms with Gasteiger partial charge in [-0.15, -0.1) is 0 Å². The van der Waals surface area contributed by atoms with Crippen LogP contribution in [-0.2, 0) is 27.2 Å². The number of hydrogen-bond donors (Lipinski definition) is 7. The number of carbonyl (C=O) groups excluding carboxylic acids is 3. The number of guanidine groups is 1. The van der Waals surface area contributed by atoms with Crippen molar-refractivity contribution in [3.05, 3.63) is 71.9 Å². The molecule has 3 aromatic rings. The molecule has 0 spiro atoms. The minimum Gasteiger partial charge on any atom is -0.370 e. The Balaban J connectivity index is 1.70. The lowest BCUT2D eigenvalue weighted by Crippen LogP contribution is -2.56. The van der Waals surface area contributed by atoms with E-state index in [0.29, 0.717) is 12.8 Å². The van der Waals surface area contributed by atoms with Crippen LogP contribution in [0.1, 0.15) is 24.0 Å². The Morgan fingerprint density at radius 1 is 0.865 bits per heavy atom. The van der Waals surface area contributed by atoms with Crippen LogP contribution in [0, 0.1) is 0 Å². The Hall–Kier alpha value is -4.38. The van der Waals surface area contributed by atoms with E-state index in [4.69, 9.17) is 22.9 Å². The number of carbonyl (C=O) groups is 3. The molecule has 2 aromatic carbocycles. The number of para-hydroxylation sites is 1. The van der Waals surface area contributed by atoms with E-state index in [-0.39, 0.29) is 25.3 Å². The van der Waals surface area contributed by atoms with E-state index in [1.54, 1.807) is 6.20 Å². The maximum absolute atomic E-state index is 13.2. The zero-order valence-electron chi connectivity index (χ0n) is 20.5. The molecule has 3 amide bonds. The second-order valence-corrected chi connectivity index (χ2v) is 8.83. The van der Waals surface area contributed by atoms with Crippen molar-refractivity contribution in [2.75, 3.05) is 6.54 Å². The molecule has 0 aliphatic heterocycles. The highest BCUT2D eigenvalue weighted by Gasteiger charge is 2.27. The van der Waals surface area contributed by atoms with Crippen molar-refractivity contribution >= 4 is 34.6 Å². The SMILES string of the molecule is NC(=O)[C@H](Cc1c[nH]c2ccccc12)NC(=O)[C@H](CCCN=C(N)N)NC(=O)[C@@H](N)Cc1ccccc1. The van der Waals surface area contributed by atoms with E-state index >= 15 is 0 Å². The van der Waals surface area contributed by atoms with Gasteiger partial charge in [-0.25, -0.2) is 0 Å². The first kappa shape index (κ1) is 27.2. The van der Waals surface area contributed by atoms with E-state index < -0.39 is 35.8 Å². The molecule has 0 radical (unpaired) electrons. The predicted octanol–water partition coefficient (Wildman–Crippen LogP) is -0.211. The number of hydrogen-bond acceptors (Lipinski definition) is 5. The molecule has 37 heavy (non-hydrogen) atoms. The smallest absolute Gasteiger partial charge is 0.243 e. The summed E-state index contributed by atoms with van der Waals surface area (Å²) in [4.78, 5) is 45.4. The molecule has 0 fully saturated rings. The van der Waals surface area contributed by atoms with Gasteiger partial charge in [0.2, 0.25) is 17.7 Å². The number of benzene rings is 2. The number of aromatic amines is 1. The average Bonchev–Trinajstić information content (AvgIpc) is 3.28. The van der Waals surface area contributed by atoms with Crippen LogP contribution in [0.25, 0.3) is 10.9 Å². The second kappa shape index (κ2) is 13.1. The summed E-state index contributed by atoms with van der Waals surface area (Å²) < 4.78 is 0. The summed E-state index contributed by atoms with van der Waals surface area (Å²) in [5.41, 5.74) is 25.1. The quantitative estimate of drug-likeness (QED) is 0.0947. The number of rotatable bonds is 13. The third-order valence-corrected chi connectivity index (χ3v) is 5.97. The maximum Gasteiger partial charge on any atom is 0.243 e. The van der Waals surface area contributed by atoms with Gasteiger partial charge in [0, 0.05) is 30.1 Å². The summed E-state index contributed by atoms with van der Waals surface area (Å²) in [6.45, 7) is 0.270.